The van der Waals surface area contributed by atoms with Crippen LogP contribution in [0, 0.1) is 5.92 Å². The Bertz CT molecular complexity index is 159. The first-order valence-electron chi connectivity index (χ1n) is 4.71. The molecule has 86 valence electrons. The molecule has 2 atom stereocenters. The van der Waals surface area contributed by atoms with Crippen molar-refractivity contribution in [1.29, 1.82) is 0 Å². The largest absolute Gasteiger partial charge is 0.415 e. The van der Waals surface area contributed by atoms with Gasteiger partial charge in [-0.05, 0) is 19.3 Å². The number of aliphatic hydroxyl groups is 1. The van der Waals surface area contributed by atoms with E-state index in [4.69, 9.17) is 5.11 Å². The van der Waals surface area contributed by atoms with Crippen LogP contribution in [0.1, 0.15) is 27.2 Å². The van der Waals surface area contributed by atoms with Gasteiger partial charge in [-0.1, -0.05) is 13.8 Å². The molecule has 0 saturated carbocycles. The van der Waals surface area contributed by atoms with E-state index in [2.05, 4.69) is 5.32 Å². The number of rotatable bonds is 5. The lowest BCUT2D eigenvalue weighted by Gasteiger charge is -2.20. The topological polar surface area (TPSA) is 32.3 Å². The van der Waals surface area contributed by atoms with Gasteiger partial charge in [0.2, 0.25) is 0 Å². The Morgan fingerprint density at radius 3 is 2.07 bits per heavy atom. The normalized spacial score (nSPS) is 17.1. The van der Waals surface area contributed by atoms with Crippen LogP contribution in [0.5, 0.6) is 0 Å². The highest BCUT2D eigenvalue weighted by Gasteiger charge is 2.37. The Hall–Kier alpha value is -0.290. The van der Waals surface area contributed by atoms with Crippen LogP contribution in [0.15, 0.2) is 0 Å². The molecule has 5 heteroatoms. The van der Waals surface area contributed by atoms with Crippen LogP contribution in [0.4, 0.5) is 13.2 Å². The average Bonchev–Trinajstić information content (AvgIpc) is 1.96. The molecule has 0 aliphatic rings. The molecule has 0 bridgehead atoms. The second-order valence-corrected chi connectivity index (χ2v) is 4.00. The van der Waals surface area contributed by atoms with E-state index in [-0.39, 0.29) is 6.04 Å². The minimum absolute atomic E-state index is 0.00741. The number of hydrogen-bond acceptors (Lipinski definition) is 2. The average molecular weight is 213 g/mol. The summed E-state index contributed by atoms with van der Waals surface area (Å²) in [5, 5.41) is 11.3. The quantitative estimate of drug-likeness (QED) is 0.731. The Morgan fingerprint density at radius 2 is 1.71 bits per heavy atom. The van der Waals surface area contributed by atoms with Gasteiger partial charge in [0, 0.05) is 12.6 Å². The van der Waals surface area contributed by atoms with Gasteiger partial charge >= 0.3 is 6.18 Å². The van der Waals surface area contributed by atoms with Gasteiger partial charge < -0.3 is 10.4 Å². The van der Waals surface area contributed by atoms with Gasteiger partial charge in [0.05, 0.1) is 0 Å². The molecule has 0 aromatic rings. The van der Waals surface area contributed by atoms with E-state index in [1.165, 1.54) is 0 Å². The van der Waals surface area contributed by atoms with E-state index in [1.54, 1.807) is 0 Å². The van der Waals surface area contributed by atoms with Crippen molar-refractivity contribution in [3.63, 3.8) is 0 Å². The monoisotopic (exact) mass is 213 g/mol. The zero-order valence-electron chi connectivity index (χ0n) is 8.73. The van der Waals surface area contributed by atoms with Crippen LogP contribution in [0.25, 0.3) is 0 Å². The molecule has 0 fully saturated rings. The number of halogens is 3. The number of alkyl halides is 3. The molecule has 0 aliphatic heterocycles. The summed E-state index contributed by atoms with van der Waals surface area (Å²) in [5.41, 5.74) is 0. The van der Waals surface area contributed by atoms with Gasteiger partial charge in [-0.3, -0.25) is 0 Å². The van der Waals surface area contributed by atoms with Crippen LogP contribution in [-0.4, -0.2) is 30.0 Å². The van der Waals surface area contributed by atoms with Crippen molar-refractivity contribution in [1.82, 2.24) is 5.32 Å². The molecule has 0 aromatic carbocycles. The zero-order valence-corrected chi connectivity index (χ0v) is 8.73. The molecular formula is C9H18F3NO. The second-order valence-electron chi connectivity index (χ2n) is 4.00. The molecule has 0 rings (SSSR count). The molecule has 2 unspecified atom stereocenters. The van der Waals surface area contributed by atoms with Crippen LogP contribution in [-0.2, 0) is 0 Å². The van der Waals surface area contributed by atoms with Gasteiger partial charge in [-0.2, -0.15) is 13.2 Å². The van der Waals surface area contributed by atoms with Crippen molar-refractivity contribution in [2.24, 2.45) is 5.92 Å². The second kappa shape index (κ2) is 5.56. The maximum absolute atomic E-state index is 11.9. The Labute approximate surface area is 82.5 Å². The number of aliphatic hydroxyl groups excluding tert-OH is 1. The highest BCUT2D eigenvalue weighted by Crippen LogP contribution is 2.19. The molecule has 0 amide bonds. The summed E-state index contributed by atoms with van der Waals surface area (Å²) in [5.74, 6) is 0.431. The first-order chi connectivity index (χ1) is 6.23. The first-order valence-corrected chi connectivity index (χ1v) is 4.71. The highest BCUT2D eigenvalue weighted by molar-refractivity contribution is 4.71. The fraction of sp³-hybridized carbons (Fsp3) is 1.00. The first kappa shape index (κ1) is 13.7. The van der Waals surface area contributed by atoms with Gasteiger partial charge in [-0.15, -0.1) is 0 Å². The van der Waals surface area contributed by atoms with Crippen molar-refractivity contribution in [3.8, 4) is 0 Å². The number of nitrogens with one attached hydrogen (secondary N) is 1. The lowest BCUT2D eigenvalue weighted by atomic mass is 10.1. The summed E-state index contributed by atoms with van der Waals surface area (Å²) in [6.45, 7) is 5.37. The summed E-state index contributed by atoms with van der Waals surface area (Å²) in [4.78, 5) is 0. The molecule has 0 spiro atoms. The van der Waals surface area contributed by atoms with Gasteiger partial charge in [0.25, 0.3) is 0 Å². The predicted molar refractivity (Wildman–Crippen MR) is 49.0 cm³/mol. The summed E-state index contributed by atoms with van der Waals surface area (Å²) < 4.78 is 35.6. The molecule has 0 aromatic heterocycles. The molecule has 0 heterocycles. The Kier molecular flexibility index (Phi) is 5.44. The maximum Gasteiger partial charge on any atom is 0.415 e. The molecule has 14 heavy (non-hydrogen) atoms. The number of hydrogen-bond donors (Lipinski definition) is 2. The van der Waals surface area contributed by atoms with E-state index in [1.807, 2.05) is 20.8 Å². The highest BCUT2D eigenvalue weighted by atomic mass is 19.4. The van der Waals surface area contributed by atoms with Crippen molar-refractivity contribution < 1.29 is 18.3 Å². The lowest BCUT2D eigenvalue weighted by Crippen LogP contribution is -2.41. The van der Waals surface area contributed by atoms with Crippen molar-refractivity contribution in [3.05, 3.63) is 0 Å². The smallest absolute Gasteiger partial charge is 0.382 e. The summed E-state index contributed by atoms with van der Waals surface area (Å²) in [7, 11) is 0. The van der Waals surface area contributed by atoms with E-state index >= 15 is 0 Å². The summed E-state index contributed by atoms with van der Waals surface area (Å²) >= 11 is 0. The molecule has 0 aliphatic carbocycles. The maximum atomic E-state index is 11.9. The summed E-state index contributed by atoms with van der Waals surface area (Å²) in [6.07, 6.45) is -5.99. The third-order valence-electron chi connectivity index (χ3n) is 1.86. The van der Waals surface area contributed by atoms with Crippen molar-refractivity contribution in [2.45, 2.75) is 45.5 Å². The molecule has 0 radical (unpaired) electrons. The Morgan fingerprint density at radius 1 is 1.21 bits per heavy atom. The molecule has 0 saturated heterocycles. The fourth-order valence-electron chi connectivity index (χ4n) is 1.22. The third-order valence-corrected chi connectivity index (χ3v) is 1.86. The standard InChI is InChI=1S/C9H18F3NO/c1-6(2)4-7(3)13-5-8(14)9(10,11)12/h6-8,13-14H,4-5H2,1-3H3. The van der Waals surface area contributed by atoms with Gasteiger partial charge in [-0.25, -0.2) is 0 Å². The van der Waals surface area contributed by atoms with E-state index in [0.29, 0.717) is 5.92 Å². The Balaban J connectivity index is 3.72. The third kappa shape index (κ3) is 6.21. The minimum Gasteiger partial charge on any atom is -0.382 e. The molecule has 2 N–H and O–H groups in total. The lowest BCUT2D eigenvalue weighted by molar-refractivity contribution is -0.202. The minimum atomic E-state index is -4.52. The van der Waals surface area contributed by atoms with E-state index in [9.17, 15) is 13.2 Å². The van der Waals surface area contributed by atoms with Gasteiger partial charge in [0.15, 0.2) is 6.10 Å². The van der Waals surface area contributed by atoms with Gasteiger partial charge in [0.1, 0.15) is 0 Å². The fourth-order valence-corrected chi connectivity index (χ4v) is 1.22. The predicted octanol–water partition coefficient (Wildman–Crippen LogP) is 1.93. The van der Waals surface area contributed by atoms with Crippen LogP contribution >= 0.6 is 0 Å². The van der Waals surface area contributed by atoms with E-state index in [0.717, 1.165) is 6.42 Å². The van der Waals surface area contributed by atoms with Crippen LogP contribution in [0.3, 0.4) is 0 Å². The zero-order chi connectivity index (χ0) is 11.4. The van der Waals surface area contributed by atoms with Crippen molar-refractivity contribution in [2.75, 3.05) is 6.54 Å². The van der Waals surface area contributed by atoms with Crippen LogP contribution in [0.2, 0.25) is 0 Å². The van der Waals surface area contributed by atoms with Crippen molar-refractivity contribution >= 4 is 0 Å². The molecular weight excluding hydrogens is 195 g/mol. The van der Waals surface area contributed by atoms with Crippen LogP contribution < -0.4 is 5.32 Å². The van der Waals surface area contributed by atoms with E-state index < -0.39 is 18.8 Å². The SMILES string of the molecule is CC(C)CC(C)NCC(O)C(F)(F)F. The molecule has 2 nitrogen and oxygen atoms in total. The summed E-state index contributed by atoms with van der Waals surface area (Å²) in [6, 6.07) is -0.00741.